The fourth-order valence-electron chi connectivity index (χ4n) is 3.67. The topological polar surface area (TPSA) is 105 Å². The summed E-state index contributed by atoms with van der Waals surface area (Å²) in [6, 6.07) is 10.6. The zero-order valence-corrected chi connectivity index (χ0v) is 18.1. The number of phenols is 1. The highest BCUT2D eigenvalue weighted by Crippen LogP contribution is 2.41. The number of aliphatic hydroxyl groups excluding tert-OH is 1. The number of aromatic hydroxyl groups is 1. The van der Waals surface area contributed by atoms with Crippen molar-refractivity contribution >= 4 is 17.4 Å². The van der Waals surface area contributed by atoms with Crippen LogP contribution in [0.5, 0.6) is 17.2 Å². The molecule has 7 heteroatoms. The molecule has 0 aromatic heterocycles. The maximum atomic E-state index is 11.5. The van der Waals surface area contributed by atoms with Gasteiger partial charge in [-0.2, -0.15) is 0 Å². The number of carbonyl (C=O) groups is 2. The molecule has 0 saturated heterocycles. The number of hydrogen-bond donors (Lipinski definition) is 3. The molecule has 7 nitrogen and oxygen atoms in total. The molecule has 0 radical (unpaired) electrons. The minimum Gasteiger partial charge on any atom is -0.508 e. The fraction of sp³-hybridized carbons (Fsp3) is 0.417. The molecular weight excluding hydrogens is 398 g/mol. The second-order valence-electron chi connectivity index (χ2n) is 8.78. The molecule has 1 unspecified atom stereocenters. The number of amides is 1. The van der Waals surface area contributed by atoms with E-state index in [1.54, 1.807) is 0 Å². The van der Waals surface area contributed by atoms with E-state index in [0.29, 0.717) is 29.2 Å². The molecule has 0 bridgehead atoms. The third-order valence-corrected chi connectivity index (χ3v) is 5.23. The number of ether oxygens (including phenoxy) is 2. The molecule has 3 N–H and O–H groups in total. The van der Waals surface area contributed by atoms with Crippen molar-refractivity contribution < 1.29 is 29.3 Å². The van der Waals surface area contributed by atoms with Crippen molar-refractivity contribution in [1.29, 1.82) is 0 Å². The summed E-state index contributed by atoms with van der Waals surface area (Å²) in [6.07, 6.45) is 1.17. The number of phenolic OH excluding ortho intramolecular Hbond substituents is 1. The van der Waals surface area contributed by atoms with E-state index in [4.69, 9.17) is 9.47 Å². The summed E-state index contributed by atoms with van der Waals surface area (Å²) >= 11 is 0. The normalized spacial score (nSPS) is 14.3. The van der Waals surface area contributed by atoms with Gasteiger partial charge in [0.15, 0.2) is 12.4 Å². The number of carbonyl (C=O) groups excluding carboxylic acids is 2. The van der Waals surface area contributed by atoms with E-state index in [1.165, 1.54) is 19.1 Å². The van der Waals surface area contributed by atoms with E-state index in [9.17, 15) is 19.8 Å². The Morgan fingerprint density at radius 3 is 2.65 bits per heavy atom. The maximum absolute atomic E-state index is 11.5. The first-order chi connectivity index (χ1) is 14.6. The molecule has 0 spiro atoms. The minimum absolute atomic E-state index is 0.0236. The number of nitrogens with one attached hydrogen (secondary N) is 1. The average Bonchev–Trinajstić information content (AvgIpc) is 2.70. The summed E-state index contributed by atoms with van der Waals surface area (Å²) in [5.41, 5.74) is 1.89. The van der Waals surface area contributed by atoms with Crippen LogP contribution in [-0.4, -0.2) is 35.1 Å². The highest BCUT2D eigenvalue weighted by Gasteiger charge is 2.26. The number of rotatable bonds is 9. The second kappa shape index (κ2) is 9.39. The van der Waals surface area contributed by atoms with E-state index in [1.807, 2.05) is 24.3 Å². The van der Waals surface area contributed by atoms with Crippen LogP contribution in [0.4, 0.5) is 5.69 Å². The van der Waals surface area contributed by atoms with Gasteiger partial charge in [0.25, 0.3) is 5.91 Å². The summed E-state index contributed by atoms with van der Waals surface area (Å²) in [5.74, 6) is 0.712. The van der Waals surface area contributed by atoms with Crippen LogP contribution in [0.15, 0.2) is 36.4 Å². The summed E-state index contributed by atoms with van der Waals surface area (Å²) in [7, 11) is 0. The average molecular weight is 427 g/mol. The molecule has 1 aliphatic rings. The molecule has 0 aliphatic carbocycles. The number of aliphatic hydroxyl groups is 1. The standard InChI is InChI=1S/C24H29NO6/c1-15(26)13-30-18-6-4-16(5-7-18)12-24(2,3)9-8-21(28)19-10-17(27)11-20-23(19)31-14-22(29)25-20/h4-7,10-11,21,27-28H,8-9,12-14H2,1-3H3,(H,25,29). The number of ketones is 1. The van der Waals surface area contributed by atoms with Gasteiger partial charge in [0.2, 0.25) is 0 Å². The van der Waals surface area contributed by atoms with E-state index in [0.717, 1.165) is 18.4 Å². The lowest BCUT2D eigenvalue weighted by Gasteiger charge is -2.28. The molecule has 0 saturated carbocycles. The highest BCUT2D eigenvalue weighted by atomic mass is 16.5. The SMILES string of the molecule is CC(=O)COc1ccc(CC(C)(C)CCC(O)c2cc(O)cc3c2OCC(=O)N3)cc1. The number of anilines is 1. The van der Waals surface area contributed by atoms with Gasteiger partial charge in [-0.3, -0.25) is 9.59 Å². The van der Waals surface area contributed by atoms with Crippen LogP contribution < -0.4 is 14.8 Å². The van der Waals surface area contributed by atoms with Crippen molar-refractivity contribution in [1.82, 2.24) is 0 Å². The first-order valence-corrected chi connectivity index (χ1v) is 10.3. The number of benzene rings is 2. The van der Waals surface area contributed by atoms with Crippen LogP contribution in [0.25, 0.3) is 0 Å². The minimum atomic E-state index is -0.836. The van der Waals surface area contributed by atoms with Gasteiger partial charge in [-0.25, -0.2) is 0 Å². The second-order valence-corrected chi connectivity index (χ2v) is 8.78. The monoisotopic (exact) mass is 427 g/mol. The van der Waals surface area contributed by atoms with E-state index < -0.39 is 6.10 Å². The Labute approximate surface area is 182 Å². The van der Waals surface area contributed by atoms with Gasteiger partial charge in [-0.1, -0.05) is 26.0 Å². The summed E-state index contributed by atoms with van der Waals surface area (Å²) in [4.78, 5) is 22.6. The van der Waals surface area contributed by atoms with Gasteiger partial charge < -0.3 is 25.0 Å². The Morgan fingerprint density at radius 1 is 1.26 bits per heavy atom. The van der Waals surface area contributed by atoms with Gasteiger partial charge in [0, 0.05) is 11.6 Å². The molecular formula is C24H29NO6. The van der Waals surface area contributed by atoms with E-state index in [2.05, 4.69) is 19.2 Å². The highest BCUT2D eigenvalue weighted by molar-refractivity contribution is 5.96. The lowest BCUT2D eigenvalue weighted by atomic mass is 9.80. The zero-order valence-electron chi connectivity index (χ0n) is 18.1. The Bertz CT molecular complexity index is 951. The molecule has 2 aromatic carbocycles. The summed E-state index contributed by atoms with van der Waals surface area (Å²) in [5, 5.41) is 23.4. The third kappa shape index (κ3) is 6.21. The van der Waals surface area contributed by atoms with E-state index in [-0.39, 0.29) is 36.1 Å². The Hall–Kier alpha value is -3.06. The summed E-state index contributed by atoms with van der Waals surface area (Å²) in [6.45, 7) is 5.70. The van der Waals surface area contributed by atoms with Crippen LogP contribution in [-0.2, 0) is 16.0 Å². The van der Waals surface area contributed by atoms with Crippen molar-refractivity contribution in [3.63, 3.8) is 0 Å². The smallest absolute Gasteiger partial charge is 0.262 e. The Morgan fingerprint density at radius 2 is 1.97 bits per heavy atom. The predicted octanol–water partition coefficient (Wildman–Crippen LogP) is 3.77. The third-order valence-electron chi connectivity index (χ3n) is 5.23. The lowest BCUT2D eigenvalue weighted by Crippen LogP contribution is -2.26. The first-order valence-electron chi connectivity index (χ1n) is 10.3. The molecule has 1 heterocycles. The fourth-order valence-corrected chi connectivity index (χ4v) is 3.67. The van der Waals surface area contributed by atoms with Gasteiger partial charge in [-0.15, -0.1) is 0 Å². The van der Waals surface area contributed by atoms with Gasteiger partial charge in [0.05, 0.1) is 11.8 Å². The molecule has 31 heavy (non-hydrogen) atoms. The van der Waals surface area contributed by atoms with Crippen molar-refractivity contribution in [3.8, 4) is 17.2 Å². The molecule has 1 aliphatic heterocycles. The predicted molar refractivity (Wildman–Crippen MR) is 117 cm³/mol. The molecule has 2 aromatic rings. The van der Waals surface area contributed by atoms with Crippen molar-refractivity contribution in [2.75, 3.05) is 18.5 Å². The molecule has 1 amide bonds. The Balaban J connectivity index is 1.61. The number of hydrogen-bond acceptors (Lipinski definition) is 6. The van der Waals surface area contributed by atoms with Crippen LogP contribution in [0.3, 0.4) is 0 Å². The first kappa shape index (κ1) is 22.6. The van der Waals surface area contributed by atoms with Crippen LogP contribution in [0, 0.1) is 5.41 Å². The van der Waals surface area contributed by atoms with Crippen LogP contribution in [0.2, 0.25) is 0 Å². The molecule has 3 rings (SSSR count). The van der Waals surface area contributed by atoms with Gasteiger partial charge >= 0.3 is 0 Å². The quantitative estimate of drug-likeness (QED) is 0.563. The van der Waals surface area contributed by atoms with Crippen molar-refractivity contribution in [2.45, 2.75) is 46.1 Å². The largest absolute Gasteiger partial charge is 0.508 e. The van der Waals surface area contributed by atoms with Crippen molar-refractivity contribution in [3.05, 3.63) is 47.5 Å². The molecule has 166 valence electrons. The van der Waals surface area contributed by atoms with Crippen LogP contribution in [0.1, 0.15) is 50.8 Å². The van der Waals surface area contributed by atoms with Gasteiger partial charge in [0.1, 0.15) is 23.9 Å². The summed E-state index contributed by atoms with van der Waals surface area (Å²) < 4.78 is 10.9. The lowest BCUT2D eigenvalue weighted by molar-refractivity contribution is -0.119. The number of Topliss-reactive ketones (excluding diaryl/α,β-unsaturated/α-hetero) is 1. The number of fused-ring (bicyclic) bond motifs is 1. The zero-order chi connectivity index (χ0) is 22.6. The maximum Gasteiger partial charge on any atom is 0.262 e. The van der Waals surface area contributed by atoms with E-state index >= 15 is 0 Å². The van der Waals surface area contributed by atoms with Gasteiger partial charge in [-0.05, 0) is 55.4 Å². The Kier molecular flexibility index (Phi) is 6.85. The molecule has 1 atom stereocenters. The van der Waals surface area contributed by atoms with Crippen LogP contribution >= 0.6 is 0 Å². The van der Waals surface area contributed by atoms with Crippen molar-refractivity contribution in [2.24, 2.45) is 5.41 Å². The molecule has 0 fully saturated rings.